The average molecular weight is 1920 g/mol. The third kappa shape index (κ3) is 122. The number of carbonyl (C=O) groups is 1. The Hall–Kier alpha value is -2.43. The van der Waals surface area contributed by atoms with E-state index in [1.165, 1.54) is 0 Å². The molecule has 0 aromatic rings. The minimum Gasteiger partial charge on any atom is -0.462 e. The molecule has 0 radical (unpaired) electrons. The fourth-order valence-electron chi connectivity index (χ4n) is 9.30. The third-order valence-electron chi connectivity index (χ3n) is 16.2. The average Bonchev–Trinajstić information content (AvgIpc) is 0.988. The van der Waals surface area contributed by atoms with Gasteiger partial charge in [0.1, 0.15) is 0 Å². The molecule has 0 rings (SSSR count). The highest BCUT2D eigenvalue weighted by atomic mass is 16.6. The van der Waals surface area contributed by atoms with Crippen molar-refractivity contribution in [2.75, 3.05) is 542 Å². The van der Waals surface area contributed by atoms with Crippen LogP contribution in [0.3, 0.4) is 0 Å². The van der Waals surface area contributed by atoms with Crippen LogP contribution in [0.1, 0.15) is 20.3 Å². The quantitative estimate of drug-likeness (QED) is 0.0512. The van der Waals surface area contributed by atoms with Gasteiger partial charge in [-0.25, -0.2) is 4.79 Å². The molecule has 131 heavy (non-hydrogen) atoms. The summed E-state index contributed by atoms with van der Waals surface area (Å²) in [7, 11) is 0. The molecule has 0 atom stereocenters. The molecule has 0 saturated heterocycles. The zero-order valence-electron chi connectivity index (χ0n) is 79.9. The Balaban J connectivity index is 3.11. The van der Waals surface area contributed by atoms with E-state index < -0.39 is 0 Å². The number of aliphatic hydroxyl groups excluding tert-OH is 1. The molecule has 0 spiro atoms. The van der Waals surface area contributed by atoms with Crippen molar-refractivity contribution in [1.82, 2.24) is 0 Å². The van der Waals surface area contributed by atoms with Gasteiger partial charge < -0.3 is 199 Å². The van der Waals surface area contributed by atoms with E-state index >= 15 is 0 Å². The van der Waals surface area contributed by atoms with E-state index in [4.69, 9.17) is 199 Å². The van der Waals surface area contributed by atoms with Gasteiger partial charge in [0.25, 0.3) is 0 Å². The van der Waals surface area contributed by atoms with Gasteiger partial charge in [-0.1, -0.05) is 6.08 Å². The van der Waals surface area contributed by atoms with E-state index in [1.54, 1.807) is 19.9 Å². The number of aliphatic hydroxyl groups is 1. The molecule has 784 valence electrons. The lowest BCUT2D eigenvalue weighted by Gasteiger charge is -2.09. The molecule has 0 aliphatic heterocycles. The smallest absolute Gasteiger partial charge is 0.333 e. The molecule has 0 aromatic heterocycles. The highest BCUT2D eigenvalue weighted by Crippen LogP contribution is 2.00. The van der Waals surface area contributed by atoms with Crippen molar-refractivity contribution in [3.05, 3.63) is 11.6 Å². The van der Waals surface area contributed by atoms with Crippen LogP contribution in [0, 0.1) is 0 Å². The first-order chi connectivity index (χ1) is 65.2. The van der Waals surface area contributed by atoms with E-state index in [2.05, 4.69) is 0 Å². The second-order valence-corrected chi connectivity index (χ2v) is 26.7. The zero-order valence-corrected chi connectivity index (χ0v) is 79.9. The maximum Gasteiger partial charge on any atom is 0.333 e. The first-order valence-electron chi connectivity index (χ1n) is 46.7. The Labute approximate surface area is 780 Å². The number of esters is 1. The van der Waals surface area contributed by atoms with Crippen molar-refractivity contribution in [3.63, 3.8) is 0 Å². The van der Waals surface area contributed by atoms with Crippen LogP contribution in [0.2, 0.25) is 0 Å². The summed E-state index contributed by atoms with van der Waals surface area (Å²) in [6, 6.07) is 0. The lowest BCUT2D eigenvalue weighted by atomic mass is 10.3. The molecule has 0 bridgehead atoms. The summed E-state index contributed by atoms with van der Waals surface area (Å²) in [6.07, 6.45) is 2.37. The van der Waals surface area contributed by atoms with Gasteiger partial charge >= 0.3 is 5.97 Å². The van der Waals surface area contributed by atoms with E-state index in [-0.39, 0.29) is 12.6 Å². The Morgan fingerprint density at radius 1 is 0.145 bits per heavy atom. The van der Waals surface area contributed by atoms with Gasteiger partial charge in [0.05, 0.1) is 535 Å². The van der Waals surface area contributed by atoms with Gasteiger partial charge in [-0.3, -0.25) is 0 Å². The van der Waals surface area contributed by atoms with Crippen LogP contribution >= 0.6 is 0 Å². The number of hydrogen-bond donors (Lipinski definition) is 1. The summed E-state index contributed by atoms with van der Waals surface area (Å²) in [5.74, 6) is -0.294. The summed E-state index contributed by atoms with van der Waals surface area (Å²) in [4.78, 5) is 11.5. The molecule has 0 saturated carbocycles. The molecule has 43 heteroatoms. The van der Waals surface area contributed by atoms with Gasteiger partial charge in [-0.2, -0.15) is 0 Å². The van der Waals surface area contributed by atoms with Crippen LogP contribution in [-0.2, 0) is 199 Å². The van der Waals surface area contributed by atoms with Crippen LogP contribution in [0.15, 0.2) is 11.6 Å². The van der Waals surface area contributed by atoms with Crippen molar-refractivity contribution in [2.24, 2.45) is 0 Å². The minimum absolute atomic E-state index is 0.0144. The first kappa shape index (κ1) is 129. The maximum absolute atomic E-state index is 11.5. The van der Waals surface area contributed by atoms with Crippen molar-refractivity contribution >= 4 is 5.97 Å². The second-order valence-electron chi connectivity index (χ2n) is 26.7. The van der Waals surface area contributed by atoms with Crippen LogP contribution < -0.4 is 0 Å². The lowest BCUT2D eigenvalue weighted by molar-refractivity contribution is -0.139. The first-order valence-corrected chi connectivity index (χ1v) is 46.7. The Bertz CT molecular complexity index is 1960. The fraction of sp³-hybridized carbons (Fsp3) is 0.966. The van der Waals surface area contributed by atoms with Gasteiger partial charge in [0.2, 0.25) is 0 Å². The molecule has 0 aliphatic carbocycles. The molecule has 1 N–H and O–H groups in total. The largest absolute Gasteiger partial charge is 0.462 e. The van der Waals surface area contributed by atoms with E-state index in [0.717, 1.165) is 0 Å². The molecule has 0 aliphatic rings. The van der Waals surface area contributed by atoms with E-state index in [1.807, 2.05) is 0 Å². The lowest BCUT2D eigenvalue weighted by Crippen LogP contribution is -2.16. The number of allylic oxidation sites excluding steroid dienone is 1. The zero-order chi connectivity index (χ0) is 93.5. The molecular formula is C88H174O43. The SMILES string of the molecule is CC=C(C)C(=O)OCCCOCCOCCOCCOCCOCCOCCOCCOCCOCCOCCOCCOCCOCCOCCOCCOCCOCCOCCOCCOCCOCCOCCOCCOCCOCCOCCOCCOCCOCCOCCOCCOCCOCCOCCOCCOCCOCCOCCOCCOCCO. The standard InChI is InChI=1S/C88H174O43/c1-3-87(2)88(90)131-7-4-6-91-9-11-93-13-15-95-17-19-97-21-23-99-25-27-101-29-31-103-33-35-105-37-39-107-41-43-109-45-47-111-49-51-113-53-55-115-57-59-117-61-63-119-65-67-121-69-71-123-73-75-125-77-79-127-81-83-129-85-86-130-84-82-128-80-78-126-76-74-124-72-70-122-68-66-120-64-62-118-60-58-116-56-54-114-52-50-112-48-46-110-44-42-108-40-38-106-36-34-104-32-30-102-28-26-100-24-22-98-20-18-96-16-14-94-12-10-92-8-5-89/h3,89H,4-86H2,1-2H3. The van der Waals surface area contributed by atoms with E-state index in [0.29, 0.717) is 547 Å². The van der Waals surface area contributed by atoms with Crippen LogP contribution in [-0.4, -0.2) is 553 Å². The monoisotopic (exact) mass is 1920 g/mol. The summed E-state index contributed by atoms with van der Waals surface area (Å²) in [6.45, 7) is 41.9. The number of carbonyl (C=O) groups excluding carboxylic acids is 1. The summed E-state index contributed by atoms with van der Waals surface area (Å²) in [5, 5.41) is 8.63. The van der Waals surface area contributed by atoms with Gasteiger partial charge in [0.15, 0.2) is 0 Å². The summed E-state index contributed by atoms with van der Waals surface area (Å²) in [5.41, 5.74) is 0.599. The van der Waals surface area contributed by atoms with E-state index in [9.17, 15) is 4.79 Å². The minimum atomic E-state index is -0.294. The van der Waals surface area contributed by atoms with Crippen LogP contribution in [0.4, 0.5) is 0 Å². The Morgan fingerprint density at radius 2 is 0.229 bits per heavy atom. The molecule has 0 aromatic carbocycles. The van der Waals surface area contributed by atoms with Crippen molar-refractivity contribution in [1.29, 1.82) is 0 Å². The molecule has 0 amide bonds. The molecule has 0 unspecified atom stereocenters. The van der Waals surface area contributed by atoms with Crippen LogP contribution in [0.25, 0.3) is 0 Å². The van der Waals surface area contributed by atoms with Gasteiger partial charge in [-0.15, -0.1) is 0 Å². The van der Waals surface area contributed by atoms with Gasteiger partial charge in [0, 0.05) is 18.6 Å². The van der Waals surface area contributed by atoms with Crippen molar-refractivity contribution in [3.8, 4) is 0 Å². The third-order valence-corrected chi connectivity index (χ3v) is 16.2. The molecule has 0 heterocycles. The topological polar surface area (TPSA) is 416 Å². The van der Waals surface area contributed by atoms with Crippen molar-refractivity contribution < 1.29 is 204 Å². The summed E-state index contributed by atoms with van der Waals surface area (Å²) >= 11 is 0. The fourth-order valence-corrected chi connectivity index (χ4v) is 9.30. The highest BCUT2D eigenvalue weighted by Gasteiger charge is 2.07. The number of hydrogen-bond acceptors (Lipinski definition) is 43. The molecule has 0 fully saturated rings. The molecular weight excluding hydrogens is 1740 g/mol. The molecule has 43 nitrogen and oxygen atoms in total. The maximum atomic E-state index is 11.5. The van der Waals surface area contributed by atoms with Crippen molar-refractivity contribution in [2.45, 2.75) is 20.3 Å². The predicted molar refractivity (Wildman–Crippen MR) is 475 cm³/mol. The van der Waals surface area contributed by atoms with Gasteiger partial charge in [-0.05, 0) is 13.8 Å². The normalized spacial score (nSPS) is 11.9. The Morgan fingerprint density at radius 3 is 0.313 bits per heavy atom. The highest BCUT2D eigenvalue weighted by molar-refractivity contribution is 5.87. The predicted octanol–water partition coefficient (Wildman–Crippen LogP) is 1.54. The number of ether oxygens (including phenoxy) is 41. The number of rotatable bonds is 124. The summed E-state index contributed by atoms with van der Waals surface area (Å²) < 4.78 is 226. The van der Waals surface area contributed by atoms with Crippen LogP contribution in [0.5, 0.6) is 0 Å². The Kier molecular flexibility index (Phi) is 121. The second kappa shape index (κ2) is 124.